The number of carboxylic acid groups (broad SMARTS) is 1. The number of hydrogen-bond acceptors (Lipinski definition) is 10. The molecule has 49 heavy (non-hydrogen) atoms. The average molecular weight is 693 g/mol. The van der Waals surface area contributed by atoms with Gasteiger partial charge in [0.2, 0.25) is 5.91 Å². The molecule has 14 nitrogen and oxygen atoms in total. The number of ether oxygens (including phenoxy) is 1. The fraction of sp³-hybridized carbons (Fsp3) is 0.333. The molecule has 2 fully saturated rings. The van der Waals surface area contributed by atoms with Crippen LogP contribution >= 0.6 is 11.6 Å². The molecule has 4 N–H and O–H groups in total. The summed E-state index contributed by atoms with van der Waals surface area (Å²) in [6.07, 6.45) is 4.74. The summed E-state index contributed by atoms with van der Waals surface area (Å²) in [6, 6.07) is 10.2. The van der Waals surface area contributed by atoms with Crippen molar-refractivity contribution in [1.29, 1.82) is 5.26 Å². The largest absolute Gasteiger partial charge is 0.483 e. The van der Waals surface area contributed by atoms with Gasteiger partial charge in [-0.25, -0.2) is 14.4 Å². The van der Waals surface area contributed by atoms with Gasteiger partial charge in [0.05, 0.1) is 28.9 Å². The lowest BCUT2D eigenvalue weighted by Gasteiger charge is -2.38. The molecule has 256 valence electrons. The minimum Gasteiger partial charge on any atom is -0.483 e. The second kappa shape index (κ2) is 15.7. The van der Waals surface area contributed by atoms with Crippen molar-refractivity contribution in [2.45, 2.75) is 19.4 Å². The summed E-state index contributed by atoms with van der Waals surface area (Å²) in [5.41, 5.74) is 3.41. The molecule has 4 aromatic rings. The number of carbonyl (C=O) groups excluding carboxylic acids is 2. The number of aromatic nitrogens is 3. The van der Waals surface area contributed by atoms with Crippen molar-refractivity contribution in [2.75, 3.05) is 51.2 Å². The maximum absolute atomic E-state index is 14.8. The van der Waals surface area contributed by atoms with Gasteiger partial charge in [0.1, 0.15) is 6.07 Å². The number of benzene rings is 2. The van der Waals surface area contributed by atoms with Gasteiger partial charge >= 0.3 is 0 Å². The number of rotatable bonds is 7. The van der Waals surface area contributed by atoms with Gasteiger partial charge in [-0.05, 0) is 55.8 Å². The Morgan fingerprint density at radius 1 is 1.20 bits per heavy atom. The number of nitriles is 1. The van der Waals surface area contributed by atoms with E-state index in [4.69, 9.17) is 31.5 Å². The van der Waals surface area contributed by atoms with Crippen LogP contribution in [0.15, 0.2) is 48.9 Å². The minimum atomic E-state index is -0.769. The summed E-state index contributed by atoms with van der Waals surface area (Å²) >= 11 is 6.34. The number of hydrogen-bond donors (Lipinski definition) is 4. The van der Waals surface area contributed by atoms with E-state index < -0.39 is 17.8 Å². The second-order valence-corrected chi connectivity index (χ2v) is 11.7. The molecule has 0 unspecified atom stereocenters. The number of anilines is 2. The van der Waals surface area contributed by atoms with Crippen LogP contribution in [0.25, 0.3) is 16.9 Å². The Hall–Kier alpha value is -5.30. The summed E-state index contributed by atoms with van der Waals surface area (Å²) in [6.45, 7) is 4.13. The first kappa shape index (κ1) is 35.0. The molecule has 4 heterocycles. The quantitative estimate of drug-likeness (QED) is 0.209. The van der Waals surface area contributed by atoms with Crippen LogP contribution in [-0.2, 0) is 9.59 Å². The number of piperazine rings is 1. The van der Waals surface area contributed by atoms with E-state index in [2.05, 4.69) is 20.6 Å². The Morgan fingerprint density at radius 3 is 2.63 bits per heavy atom. The van der Waals surface area contributed by atoms with E-state index in [9.17, 15) is 19.1 Å². The lowest BCUT2D eigenvalue weighted by atomic mass is 9.93. The predicted octanol–water partition coefficient (Wildman–Crippen LogP) is 3.10. The number of piperidine rings is 1. The second-order valence-electron chi connectivity index (χ2n) is 11.3. The van der Waals surface area contributed by atoms with Gasteiger partial charge in [0.15, 0.2) is 29.6 Å². The summed E-state index contributed by atoms with van der Waals surface area (Å²) in [7, 11) is 0. The van der Waals surface area contributed by atoms with Crippen LogP contribution < -0.4 is 15.4 Å². The number of aryl methyl sites for hydroxylation is 1. The van der Waals surface area contributed by atoms with E-state index in [1.165, 1.54) is 6.07 Å². The highest BCUT2D eigenvalue weighted by molar-refractivity contribution is 6.33. The Balaban J connectivity index is 0.00000151. The maximum Gasteiger partial charge on any atom is 0.290 e. The normalized spacial score (nSPS) is 17.4. The van der Waals surface area contributed by atoms with E-state index in [0.29, 0.717) is 79.7 Å². The van der Waals surface area contributed by atoms with Crippen LogP contribution in [0, 0.1) is 30.0 Å². The number of amides is 2. The van der Waals surface area contributed by atoms with Gasteiger partial charge in [-0.15, -0.1) is 0 Å². The Bertz CT molecular complexity index is 1890. The zero-order valence-corrected chi connectivity index (χ0v) is 27.2. The molecule has 6 rings (SSSR count). The molecule has 2 aliphatic rings. The molecule has 2 saturated heterocycles. The fourth-order valence-electron chi connectivity index (χ4n) is 5.94. The van der Waals surface area contributed by atoms with Crippen molar-refractivity contribution in [3.63, 3.8) is 0 Å². The summed E-state index contributed by atoms with van der Waals surface area (Å²) in [5.74, 6) is -0.995. The summed E-state index contributed by atoms with van der Waals surface area (Å²) in [5, 5.41) is 32.1. The monoisotopic (exact) mass is 692 g/mol. The molecule has 2 aromatic carbocycles. The van der Waals surface area contributed by atoms with E-state index in [1.54, 1.807) is 57.1 Å². The molecular weight excluding hydrogens is 659 g/mol. The Morgan fingerprint density at radius 2 is 1.94 bits per heavy atom. The van der Waals surface area contributed by atoms with Crippen LogP contribution in [-0.4, -0.2) is 105 Å². The number of β-amino-alcohol motifs (C(OH)–C–C–N with tert-alkyl or cyclic N) is 1. The molecule has 0 bridgehead atoms. The molecule has 0 spiro atoms. The number of carbonyl (C=O) groups is 3. The van der Waals surface area contributed by atoms with Crippen LogP contribution in [0.3, 0.4) is 0 Å². The van der Waals surface area contributed by atoms with E-state index in [-0.39, 0.29) is 35.7 Å². The van der Waals surface area contributed by atoms with Crippen molar-refractivity contribution in [3.8, 4) is 23.1 Å². The molecule has 2 aliphatic heterocycles. The number of nitrogens with zero attached hydrogens (tertiary/aromatic N) is 6. The highest BCUT2D eigenvalue weighted by Crippen LogP contribution is 2.36. The third-order valence-corrected chi connectivity index (χ3v) is 8.78. The molecule has 0 radical (unpaired) electrons. The minimum absolute atomic E-state index is 0.0456. The Labute approximate surface area is 285 Å². The first-order valence-corrected chi connectivity index (χ1v) is 15.8. The first-order valence-electron chi connectivity index (χ1n) is 15.4. The number of aliphatic hydroxyl groups is 1. The van der Waals surface area contributed by atoms with Crippen molar-refractivity contribution in [3.05, 3.63) is 70.9 Å². The standard InChI is InChI=1S/C32H32ClFN8O4.CH2O2/c1-19-16-20(2-3-21(19)31(44)40-11-13-41(14-12-40)32(45)23-6-8-36-18-25(23)43)39-29-30-38-17-24(42(30)10-9-37-29)22-4-5-26(46-15-7-35)28(34)27(22)33;2-1-3/h2-5,9-10,16-17,23,25,36,43H,6,8,11-15,18H2,1H3,(H,37,39);1H,(H,2,3)/t23-,25-;/m0./s1. The Kier molecular flexibility index (Phi) is 11.2. The molecule has 0 aliphatic carbocycles. The van der Waals surface area contributed by atoms with E-state index in [0.717, 1.165) is 5.56 Å². The number of aliphatic hydroxyl groups excluding tert-OH is 1. The molecule has 16 heteroatoms. The smallest absolute Gasteiger partial charge is 0.290 e. The molecule has 2 atom stereocenters. The van der Waals surface area contributed by atoms with Crippen molar-refractivity contribution in [2.24, 2.45) is 5.92 Å². The van der Waals surface area contributed by atoms with Gasteiger partial charge < -0.3 is 35.4 Å². The fourth-order valence-corrected chi connectivity index (χ4v) is 6.19. The number of imidazole rings is 1. The van der Waals surface area contributed by atoms with Gasteiger partial charge in [-0.3, -0.25) is 18.8 Å². The number of halogens is 2. The third-order valence-electron chi connectivity index (χ3n) is 8.41. The molecular formula is C33H34ClFN8O6. The van der Waals surface area contributed by atoms with Gasteiger partial charge in [-0.1, -0.05) is 11.6 Å². The highest BCUT2D eigenvalue weighted by atomic mass is 35.5. The van der Waals surface area contributed by atoms with Crippen molar-refractivity contribution in [1.82, 2.24) is 29.5 Å². The van der Waals surface area contributed by atoms with Crippen LogP contribution in [0.5, 0.6) is 5.75 Å². The third kappa shape index (κ3) is 7.56. The molecule has 2 aromatic heterocycles. The lowest BCUT2D eigenvalue weighted by molar-refractivity contribution is -0.142. The average Bonchev–Trinajstić information content (AvgIpc) is 3.54. The van der Waals surface area contributed by atoms with Gasteiger partial charge in [-0.2, -0.15) is 5.26 Å². The summed E-state index contributed by atoms with van der Waals surface area (Å²) in [4.78, 5) is 47.2. The van der Waals surface area contributed by atoms with Gasteiger partial charge in [0, 0.05) is 61.9 Å². The number of fused-ring (bicyclic) bond motifs is 1. The number of nitrogens with one attached hydrogen (secondary N) is 2. The highest BCUT2D eigenvalue weighted by Gasteiger charge is 2.34. The zero-order valence-electron chi connectivity index (χ0n) is 26.5. The zero-order chi connectivity index (χ0) is 35.1. The summed E-state index contributed by atoms with van der Waals surface area (Å²) < 4.78 is 21.7. The predicted molar refractivity (Wildman–Crippen MR) is 177 cm³/mol. The van der Waals surface area contributed by atoms with E-state index in [1.807, 2.05) is 13.0 Å². The maximum atomic E-state index is 14.8. The molecule has 0 saturated carbocycles. The lowest BCUT2D eigenvalue weighted by Crippen LogP contribution is -2.55. The topological polar surface area (TPSA) is 185 Å². The van der Waals surface area contributed by atoms with Crippen LogP contribution in [0.1, 0.15) is 22.3 Å². The van der Waals surface area contributed by atoms with Crippen molar-refractivity contribution >= 4 is 47.0 Å². The van der Waals surface area contributed by atoms with Crippen molar-refractivity contribution < 1.29 is 33.7 Å². The van der Waals surface area contributed by atoms with Crippen LogP contribution in [0.2, 0.25) is 5.02 Å². The first-order chi connectivity index (χ1) is 23.7. The SMILES string of the molecule is Cc1cc(Nc2nccn3c(-c4ccc(OCC#N)c(F)c4Cl)cnc23)ccc1C(=O)N1CCN(C(=O)[C@H]2CCNC[C@@H]2O)CC1.O=CO. The van der Waals surface area contributed by atoms with E-state index >= 15 is 0 Å². The van der Waals surface area contributed by atoms with Crippen LogP contribution in [0.4, 0.5) is 15.9 Å². The van der Waals surface area contributed by atoms with Gasteiger partial charge in [0.25, 0.3) is 12.4 Å². The molecule has 2 amide bonds.